The minimum absolute atomic E-state index is 0.536. The van der Waals surface area contributed by atoms with E-state index in [1.54, 1.807) is 0 Å². The average molecular weight is 261 g/mol. The zero-order valence-corrected chi connectivity index (χ0v) is 12.4. The molecular formula is C16H27N3. The van der Waals surface area contributed by atoms with E-state index in [1.165, 1.54) is 55.7 Å². The first-order chi connectivity index (χ1) is 9.27. The van der Waals surface area contributed by atoms with Gasteiger partial charge >= 0.3 is 0 Å². The lowest BCUT2D eigenvalue weighted by Crippen LogP contribution is -2.26. The predicted octanol–water partition coefficient (Wildman–Crippen LogP) is 3.55. The molecule has 0 radical (unpaired) electrons. The van der Waals surface area contributed by atoms with Gasteiger partial charge < -0.3 is 9.88 Å². The van der Waals surface area contributed by atoms with E-state index in [1.807, 2.05) is 0 Å². The third kappa shape index (κ3) is 2.58. The third-order valence-electron chi connectivity index (χ3n) is 4.66. The Morgan fingerprint density at radius 2 is 1.89 bits per heavy atom. The lowest BCUT2D eigenvalue weighted by atomic mass is 10.1. The molecule has 1 aromatic rings. The molecule has 1 aliphatic heterocycles. The van der Waals surface area contributed by atoms with E-state index in [9.17, 15) is 0 Å². The van der Waals surface area contributed by atoms with E-state index in [4.69, 9.17) is 4.98 Å². The zero-order valence-electron chi connectivity index (χ0n) is 12.4. The van der Waals surface area contributed by atoms with Crippen molar-refractivity contribution >= 4 is 0 Å². The minimum Gasteiger partial charge on any atom is -0.328 e. The first kappa shape index (κ1) is 13.2. The van der Waals surface area contributed by atoms with Gasteiger partial charge in [-0.25, -0.2) is 4.98 Å². The van der Waals surface area contributed by atoms with Gasteiger partial charge in [-0.3, -0.25) is 0 Å². The fraction of sp³-hybridized carbons (Fsp3) is 0.812. The molecule has 0 atom stereocenters. The first-order valence-electron chi connectivity index (χ1n) is 8.08. The largest absolute Gasteiger partial charge is 0.328 e. The van der Waals surface area contributed by atoms with Crippen LogP contribution in [0.5, 0.6) is 0 Å². The van der Waals surface area contributed by atoms with Gasteiger partial charge in [-0.05, 0) is 12.8 Å². The molecular weight excluding hydrogens is 234 g/mol. The number of nitrogens with one attached hydrogen (secondary N) is 1. The Labute approximate surface area is 116 Å². The smallest absolute Gasteiger partial charge is 0.112 e. The normalized spacial score (nSPS) is 21.4. The quantitative estimate of drug-likeness (QED) is 0.825. The van der Waals surface area contributed by atoms with Crippen LogP contribution in [0.15, 0.2) is 0 Å². The molecule has 1 aliphatic carbocycles. The lowest BCUT2D eigenvalue weighted by Gasteiger charge is -2.24. The van der Waals surface area contributed by atoms with E-state index >= 15 is 0 Å². The highest BCUT2D eigenvalue weighted by Crippen LogP contribution is 2.33. The van der Waals surface area contributed by atoms with E-state index in [0.29, 0.717) is 12.0 Å². The van der Waals surface area contributed by atoms with E-state index < -0.39 is 0 Å². The number of hydrogen-bond acceptors (Lipinski definition) is 2. The Bertz CT molecular complexity index is 425. The minimum atomic E-state index is 0.536. The summed E-state index contributed by atoms with van der Waals surface area (Å²) in [4.78, 5) is 4.96. The highest BCUT2D eigenvalue weighted by molar-refractivity contribution is 5.22. The Kier molecular flexibility index (Phi) is 3.92. The number of rotatable bonds is 2. The van der Waals surface area contributed by atoms with Crippen LogP contribution in [-0.2, 0) is 13.0 Å². The summed E-state index contributed by atoms with van der Waals surface area (Å²) in [6.07, 6.45) is 9.51. The molecule has 1 aromatic heterocycles. The van der Waals surface area contributed by atoms with Crippen molar-refractivity contribution in [3.8, 4) is 0 Å². The standard InChI is InChI=1S/C16H27N3/c1-12(2)16-18-14-11-17-10-9-15(14)19(16)13-7-5-3-4-6-8-13/h12-13,17H,3-11H2,1-2H3. The van der Waals surface area contributed by atoms with Crippen LogP contribution in [0.3, 0.4) is 0 Å². The Morgan fingerprint density at radius 1 is 1.16 bits per heavy atom. The van der Waals surface area contributed by atoms with Crippen LogP contribution >= 0.6 is 0 Å². The second-order valence-corrected chi connectivity index (χ2v) is 6.46. The van der Waals surface area contributed by atoms with Gasteiger partial charge in [0.1, 0.15) is 5.82 Å². The number of fused-ring (bicyclic) bond motifs is 1. The van der Waals surface area contributed by atoms with Gasteiger partial charge in [0, 0.05) is 37.2 Å². The fourth-order valence-corrected chi connectivity index (χ4v) is 3.68. The van der Waals surface area contributed by atoms with Crippen molar-refractivity contribution in [2.75, 3.05) is 6.54 Å². The molecule has 19 heavy (non-hydrogen) atoms. The molecule has 0 bridgehead atoms. The van der Waals surface area contributed by atoms with Gasteiger partial charge in [-0.15, -0.1) is 0 Å². The lowest BCUT2D eigenvalue weighted by molar-refractivity contribution is 0.408. The van der Waals surface area contributed by atoms with Crippen LogP contribution in [0.2, 0.25) is 0 Å². The molecule has 3 nitrogen and oxygen atoms in total. The van der Waals surface area contributed by atoms with Gasteiger partial charge in [0.05, 0.1) is 5.69 Å². The van der Waals surface area contributed by atoms with Crippen LogP contribution in [0.25, 0.3) is 0 Å². The molecule has 3 heteroatoms. The van der Waals surface area contributed by atoms with E-state index in [0.717, 1.165) is 19.5 Å². The van der Waals surface area contributed by atoms with Gasteiger partial charge in [-0.2, -0.15) is 0 Å². The SMILES string of the molecule is CC(C)c1nc2c(n1C1CCCCCC1)CCNC2. The maximum Gasteiger partial charge on any atom is 0.112 e. The van der Waals surface area contributed by atoms with Gasteiger partial charge in [-0.1, -0.05) is 39.5 Å². The van der Waals surface area contributed by atoms with Crippen molar-refractivity contribution in [3.05, 3.63) is 17.2 Å². The van der Waals surface area contributed by atoms with Crippen molar-refractivity contribution in [1.82, 2.24) is 14.9 Å². The van der Waals surface area contributed by atoms with Gasteiger partial charge in [0.15, 0.2) is 0 Å². The number of aromatic nitrogens is 2. The predicted molar refractivity (Wildman–Crippen MR) is 78.5 cm³/mol. The molecule has 0 aromatic carbocycles. The number of hydrogen-bond donors (Lipinski definition) is 1. The van der Waals surface area contributed by atoms with Crippen LogP contribution < -0.4 is 5.32 Å². The first-order valence-corrected chi connectivity index (χ1v) is 8.08. The number of nitrogens with zero attached hydrogens (tertiary/aromatic N) is 2. The van der Waals surface area contributed by atoms with Crippen molar-refractivity contribution < 1.29 is 0 Å². The highest BCUT2D eigenvalue weighted by atomic mass is 15.1. The van der Waals surface area contributed by atoms with Crippen molar-refractivity contribution in [2.45, 2.75) is 77.3 Å². The fourth-order valence-electron chi connectivity index (χ4n) is 3.68. The van der Waals surface area contributed by atoms with E-state index in [2.05, 4.69) is 23.7 Å². The molecule has 0 saturated heterocycles. The Balaban J connectivity index is 1.99. The highest BCUT2D eigenvalue weighted by Gasteiger charge is 2.26. The van der Waals surface area contributed by atoms with Crippen molar-refractivity contribution in [1.29, 1.82) is 0 Å². The molecule has 3 rings (SSSR count). The second kappa shape index (κ2) is 5.66. The topological polar surface area (TPSA) is 29.9 Å². The van der Waals surface area contributed by atoms with Crippen LogP contribution in [0.4, 0.5) is 0 Å². The Morgan fingerprint density at radius 3 is 2.58 bits per heavy atom. The maximum absolute atomic E-state index is 4.96. The summed E-state index contributed by atoms with van der Waals surface area (Å²) in [5.41, 5.74) is 2.86. The summed E-state index contributed by atoms with van der Waals surface area (Å²) in [6.45, 7) is 6.65. The monoisotopic (exact) mass is 261 g/mol. The number of imidazole rings is 1. The second-order valence-electron chi connectivity index (χ2n) is 6.46. The molecule has 0 amide bonds. The molecule has 2 aliphatic rings. The molecule has 1 N–H and O–H groups in total. The summed E-state index contributed by atoms with van der Waals surface area (Å²) < 4.78 is 2.64. The average Bonchev–Trinajstić information content (AvgIpc) is 2.60. The van der Waals surface area contributed by atoms with Gasteiger partial charge in [0.2, 0.25) is 0 Å². The molecule has 2 heterocycles. The maximum atomic E-state index is 4.96. The molecule has 1 fully saturated rings. The summed E-state index contributed by atoms with van der Waals surface area (Å²) in [6, 6.07) is 0.717. The van der Waals surface area contributed by atoms with Crippen molar-refractivity contribution in [2.24, 2.45) is 0 Å². The Hall–Kier alpha value is -0.830. The van der Waals surface area contributed by atoms with Crippen LogP contribution in [0, 0.1) is 0 Å². The molecule has 0 spiro atoms. The molecule has 0 unspecified atom stereocenters. The summed E-state index contributed by atoms with van der Waals surface area (Å²) in [7, 11) is 0. The molecule has 1 saturated carbocycles. The van der Waals surface area contributed by atoms with Crippen molar-refractivity contribution in [3.63, 3.8) is 0 Å². The van der Waals surface area contributed by atoms with Crippen LogP contribution in [0.1, 0.15) is 81.5 Å². The summed E-state index contributed by atoms with van der Waals surface area (Å²) >= 11 is 0. The van der Waals surface area contributed by atoms with E-state index in [-0.39, 0.29) is 0 Å². The van der Waals surface area contributed by atoms with Crippen LogP contribution in [-0.4, -0.2) is 16.1 Å². The van der Waals surface area contributed by atoms with Gasteiger partial charge in [0.25, 0.3) is 0 Å². The molecule has 106 valence electrons. The zero-order chi connectivity index (χ0) is 13.2. The third-order valence-corrected chi connectivity index (χ3v) is 4.66. The summed E-state index contributed by atoms with van der Waals surface area (Å²) in [5, 5.41) is 3.46. The summed E-state index contributed by atoms with van der Waals surface area (Å²) in [5.74, 6) is 1.87.